The van der Waals surface area contributed by atoms with Crippen molar-refractivity contribution in [2.24, 2.45) is 5.92 Å². The van der Waals surface area contributed by atoms with Crippen molar-refractivity contribution in [2.75, 3.05) is 18.9 Å². The number of aliphatic hydroxyl groups excluding tert-OH is 1. The monoisotopic (exact) mass is 1020 g/mol. The van der Waals surface area contributed by atoms with Gasteiger partial charge in [-0.3, -0.25) is 19.2 Å². The SMILES string of the molecule is Cc1ncsc1-c1ccc(CNC(=O)[C@@H]2C[C@@H](O)CN2C(=O)[C@@H](NC(=O)CCCCCCCCCCCCCCCC(=O)NCc2ccc(CCOc3cc(-c4ccccc4O)nnc3N)cc2)C(C)C)cc1. The zero-order valence-electron chi connectivity index (χ0n) is 43.0. The number of β-amino-alcohol motifs (C(OH)–C–C–N with tert-alkyl or cyclic N) is 1. The maximum absolute atomic E-state index is 13.8. The van der Waals surface area contributed by atoms with Gasteiger partial charge in [0, 0.05) is 56.9 Å². The Kier molecular flexibility index (Phi) is 22.5. The van der Waals surface area contributed by atoms with Crippen molar-refractivity contribution < 1.29 is 34.1 Å². The van der Waals surface area contributed by atoms with Gasteiger partial charge < -0.3 is 41.5 Å². The van der Waals surface area contributed by atoms with Crippen molar-refractivity contribution in [3.63, 3.8) is 0 Å². The standard InChI is InChI=1S/C57H76N8O7S/c1-39(2)53(57(71)65-37-45(66)33-48(65)56(70)60-36-43-27-29-44(30-28-43)54-40(3)61-38-73-54)62-52(69)22-16-14-12-10-8-6-4-5-7-9-11-13-15-21-51(68)59-35-42-25-23-41(24-26-42)31-32-72-50-34-47(63-64-55(50)58)46-19-17-18-20-49(46)67/h17-20,23-30,34,38-39,45,48,53,66-67H,4-16,21-22,31-33,35-37H2,1-3H3,(H2,58,64)(H,59,68)(H,60,70)(H,62,69)/t45-,48+,53+/m1/s1. The number of rotatable bonds is 30. The van der Waals surface area contributed by atoms with E-state index in [1.165, 1.54) is 43.4 Å². The van der Waals surface area contributed by atoms with E-state index in [1.54, 1.807) is 35.6 Å². The van der Waals surface area contributed by atoms with E-state index in [9.17, 15) is 29.4 Å². The van der Waals surface area contributed by atoms with Crippen LogP contribution in [0, 0.1) is 12.8 Å². The van der Waals surface area contributed by atoms with Gasteiger partial charge in [-0.15, -0.1) is 21.5 Å². The summed E-state index contributed by atoms with van der Waals surface area (Å²) in [4.78, 5) is 59.5. The van der Waals surface area contributed by atoms with Crippen molar-refractivity contribution in [1.82, 2.24) is 36.0 Å². The molecule has 0 spiro atoms. The quantitative estimate of drug-likeness (QED) is 0.0238. The summed E-state index contributed by atoms with van der Waals surface area (Å²) < 4.78 is 5.91. The van der Waals surface area contributed by atoms with Crippen molar-refractivity contribution in [3.05, 3.63) is 107 Å². The Morgan fingerprint density at radius 2 is 1.34 bits per heavy atom. The molecule has 5 aromatic rings. The number of nitrogens with zero attached hydrogens (tertiary/aromatic N) is 4. The van der Waals surface area contributed by atoms with E-state index in [1.807, 2.05) is 80.9 Å². The minimum absolute atomic E-state index is 0.0536. The highest BCUT2D eigenvalue weighted by molar-refractivity contribution is 7.13. The zero-order chi connectivity index (χ0) is 52.0. The number of aromatic nitrogens is 3. The van der Waals surface area contributed by atoms with Crippen LogP contribution in [0.5, 0.6) is 11.5 Å². The average molecular weight is 1020 g/mol. The third-order valence-electron chi connectivity index (χ3n) is 13.5. The van der Waals surface area contributed by atoms with Gasteiger partial charge in [0.05, 0.1) is 28.8 Å². The molecular weight excluding hydrogens is 941 g/mol. The van der Waals surface area contributed by atoms with E-state index < -0.39 is 18.2 Å². The number of carbonyl (C=O) groups is 4. The van der Waals surface area contributed by atoms with Crippen LogP contribution in [0.15, 0.2) is 84.4 Å². The number of thiazole rings is 1. The summed E-state index contributed by atoms with van der Waals surface area (Å²) >= 11 is 1.59. The van der Waals surface area contributed by atoms with Crippen LogP contribution in [0.1, 0.15) is 139 Å². The summed E-state index contributed by atoms with van der Waals surface area (Å²) in [5, 5.41) is 37.7. The Bertz CT molecular complexity index is 2520. The molecule has 1 fully saturated rings. The van der Waals surface area contributed by atoms with Gasteiger partial charge in [-0.2, -0.15) is 0 Å². The highest BCUT2D eigenvalue weighted by atomic mass is 32.1. The molecule has 15 nitrogen and oxygen atoms in total. The van der Waals surface area contributed by atoms with E-state index in [0.29, 0.717) is 56.0 Å². The van der Waals surface area contributed by atoms with E-state index in [4.69, 9.17) is 10.5 Å². The molecule has 73 heavy (non-hydrogen) atoms. The minimum atomic E-state index is -0.812. The highest BCUT2D eigenvalue weighted by Crippen LogP contribution is 2.31. The topological polar surface area (TPSA) is 222 Å². The van der Waals surface area contributed by atoms with Crippen LogP contribution in [-0.4, -0.2) is 85.3 Å². The third kappa shape index (κ3) is 18.0. The van der Waals surface area contributed by atoms with Crippen LogP contribution in [0.3, 0.4) is 0 Å². The Morgan fingerprint density at radius 3 is 1.95 bits per heavy atom. The predicted molar refractivity (Wildman–Crippen MR) is 287 cm³/mol. The molecule has 0 unspecified atom stereocenters. The first-order chi connectivity index (χ1) is 35.4. The van der Waals surface area contributed by atoms with Crippen LogP contribution < -0.4 is 26.4 Å². The van der Waals surface area contributed by atoms with E-state index in [-0.39, 0.29) is 54.1 Å². The summed E-state index contributed by atoms with van der Waals surface area (Å²) in [5.41, 5.74) is 13.9. The number of benzene rings is 3. The van der Waals surface area contributed by atoms with Crippen LogP contribution >= 0.6 is 11.3 Å². The third-order valence-corrected chi connectivity index (χ3v) is 14.5. The number of hydrogen-bond acceptors (Lipinski definition) is 12. The molecule has 392 valence electrons. The van der Waals surface area contributed by atoms with Crippen molar-refractivity contribution in [1.29, 1.82) is 0 Å². The lowest BCUT2D eigenvalue weighted by Gasteiger charge is -2.30. The highest BCUT2D eigenvalue weighted by Gasteiger charge is 2.42. The Morgan fingerprint density at radius 1 is 0.767 bits per heavy atom. The first-order valence-corrected chi connectivity index (χ1v) is 27.2. The van der Waals surface area contributed by atoms with Gasteiger partial charge in [0.2, 0.25) is 23.6 Å². The van der Waals surface area contributed by atoms with Crippen LogP contribution in [0.2, 0.25) is 0 Å². The number of hydrogen-bond donors (Lipinski definition) is 6. The second-order valence-corrected chi connectivity index (χ2v) is 20.5. The molecule has 1 saturated heterocycles. The lowest BCUT2D eigenvalue weighted by Crippen LogP contribution is -2.55. The Labute approximate surface area is 435 Å². The van der Waals surface area contributed by atoms with Gasteiger partial charge in [0.1, 0.15) is 23.5 Å². The number of anilines is 1. The molecule has 6 rings (SSSR count). The molecule has 0 saturated carbocycles. The largest absolute Gasteiger partial charge is 0.507 e. The number of nitrogens with two attached hydrogens (primary N) is 1. The molecule has 1 aliphatic heterocycles. The number of aromatic hydroxyl groups is 1. The first-order valence-electron chi connectivity index (χ1n) is 26.3. The molecule has 7 N–H and O–H groups in total. The second kappa shape index (κ2) is 29.3. The van der Waals surface area contributed by atoms with E-state index in [2.05, 4.69) is 31.1 Å². The lowest BCUT2D eigenvalue weighted by molar-refractivity contribution is -0.142. The number of phenols is 1. The fraction of sp³-hybridized carbons (Fsp3) is 0.491. The molecule has 3 atom stereocenters. The smallest absolute Gasteiger partial charge is 0.246 e. The number of nitrogen functional groups attached to an aromatic ring is 1. The van der Waals surface area contributed by atoms with Crippen LogP contribution in [0.4, 0.5) is 5.82 Å². The number of amides is 4. The van der Waals surface area contributed by atoms with Gasteiger partial charge in [-0.25, -0.2) is 4.98 Å². The molecule has 1 aliphatic rings. The number of ether oxygens (including phenoxy) is 1. The zero-order valence-corrected chi connectivity index (χ0v) is 43.8. The van der Waals surface area contributed by atoms with Gasteiger partial charge in [0.15, 0.2) is 11.6 Å². The molecular formula is C57H76N8O7S. The van der Waals surface area contributed by atoms with Crippen molar-refractivity contribution in [2.45, 2.75) is 161 Å². The van der Waals surface area contributed by atoms with Crippen molar-refractivity contribution >= 4 is 40.8 Å². The molecule has 3 heterocycles. The van der Waals surface area contributed by atoms with E-state index in [0.717, 1.165) is 77.8 Å². The Balaban J connectivity index is 0.738. The fourth-order valence-corrected chi connectivity index (χ4v) is 9.94. The van der Waals surface area contributed by atoms with Gasteiger partial charge in [-0.1, -0.05) is 145 Å². The summed E-state index contributed by atoms with van der Waals surface area (Å²) in [5.74, 6) is -0.225. The second-order valence-electron chi connectivity index (χ2n) is 19.7. The fourth-order valence-electron chi connectivity index (χ4n) is 9.13. The van der Waals surface area contributed by atoms with Crippen LogP contribution in [-0.2, 0) is 38.7 Å². The number of carbonyl (C=O) groups excluding carboxylic acids is 4. The molecule has 0 aliphatic carbocycles. The lowest BCUT2D eigenvalue weighted by atomic mass is 10.0. The number of unbranched alkanes of at least 4 members (excludes halogenated alkanes) is 12. The number of nitrogens with one attached hydrogen (secondary N) is 3. The summed E-state index contributed by atoms with van der Waals surface area (Å²) in [6.07, 6.45) is 15.2. The molecule has 0 bridgehead atoms. The number of phenolic OH excluding ortho intramolecular Hbond substituents is 1. The summed E-state index contributed by atoms with van der Waals surface area (Å²) in [7, 11) is 0. The van der Waals surface area contributed by atoms with Crippen molar-refractivity contribution in [3.8, 4) is 33.2 Å². The minimum Gasteiger partial charge on any atom is -0.507 e. The number of para-hydroxylation sites is 1. The molecule has 16 heteroatoms. The van der Waals surface area contributed by atoms with E-state index >= 15 is 0 Å². The number of aliphatic hydroxyl groups is 1. The van der Waals surface area contributed by atoms with Gasteiger partial charge in [0.25, 0.3) is 0 Å². The number of aryl methyl sites for hydroxylation is 1. The maximum Gasteiger partial charge on any atom is 0.246 e. The molecule has 3 aromatic carbocycles. The van der Waals surface area contributed by atoms with Gasteiger partial charge in [-0.05, 0) is 60.1 Å². The normalized spacial score (nSPS) is 14.8. The maximum atomic E-state index is 13.8. The number of likely N-dealkylation sites (tertiary alicyclic amines) is 1. The first kappa shape index (κ1) is 55.9. The molecule has 0 radical (unpaired) electrons. The van der Waals surface area contributed by atoms with Gasteiger partial charge >= 0.3 is 0 Å². The molecule has 4 amide bonds. The average Bonchev–Trinajstić information content (AvgIpc) is 4.01. The summed E-state index contributed by atoms with van der Waals surface area (Å²) in [6.45, 7) is 6.98. The molecule has 2 aromatic heterocycles. The summed E-state index contributed by atoms with van der Waals surface area (Å²) in [6, 6.07) is 23.1. The predicted octanol–water partition coefficient (Wildman–Crippen LogP) is 9.37. The Hall–Kier alpha value is -6.39. The van der Waals surface area contributed by atoms with Crippen LogP contribution in [0.25, 0.3) is 21.7 Å².